The molecule has 0 aromatic rings. The molecule has 2 amide bonds. The Morgan fingerprint density at radius 2 is 2.00 bits per heavy atom. The maximum atomic E-state index is 12.7. The number of carbonyl (C=O) groups is 2. The second-order valence-corrected chi connectivity index (χ2v) is 8.52. The Morgan fingerprint density at radius 3 is 2.58 bits per heavy atom. The van der Waals surface area contributed by atoms with Crippen LogP contribution < -0.4 is 5.32 Å². The van der Waals surface area contributed by atoms with E-state index >= 15 is 0 Å². The second-order valence-electron chi connectivity index (χ2n) is 7.10. The lowest BCUT2D eigenvalue weighted by molar-refractivity contribution is -0.127. The van der Waals surface area contributed by atoms with Crippen LogP contribution in [0.3, 0.4) is 0 Å². The van der Waals surface area contributed by atoms with Crippen LogP contribution >= 0.6 is 0 Å². The van der Waals surface area contributed by atoms with Crippen LogP contribution in [0.2, 0.25) is 0 Å². The smallest absolute Gasteiger partial charge is 0.407 e. The number of halogens is 1. The van der Waals surface area contributed by atoms with Gasteiger partial charge in [0.25, 0.3) is 0 Å². The van der Waals surface area contributed by atoms with Gasteiger partial charge in [0.2, 0.25) is 5.91 Å². The lowest BCUT2D eigenvalue weighted by Gasteiger charge is -2.19. The molecule has 0 aliphatic carbocycles. The number of amides is 2. The minimum Gasteiger partial charge on any atom is -0.444 e. The fourth-order valence-electron chi connectivity index (χ4n) is 2.57. The van der Waals surface area contributed by atoms with Gasteiger partial charge in [0.1, 0.15) is 5.60 Å². The van der Waals surface area contributed by atoms with Crippen LogP contribution in [-0.2, 0) is 19.8 Å². The molecule has 1 heterocycles. The average molecular weight is 366 g/mol. The molecule has 1 atom stereocenters. The summed E-state index contributed by atoms with van der Waals surface area (Å²) >= 11 is 0. The van der Waals surface area contributed by atoms with Gasteiger partial charge < -0.3 is 15.0 Å². The van der Waals surface area contributed by atoms with Crippen molar-refractivity contribution in [2.24, 2.45) is 5.92 Å². The average Bonchev–Trinajstić information content (AvgIpc) is 2.69. The molecular formula is C15H27FN2O5S. The summed E-state index contributed by atoms with van der Waals surface area (Å²) in [5.74, 6) is -1.17. The van der Waals surface area contributed by atoms with Crippen molar-refractivity contribution < 1.29 is 26.6 Å². The van der Waals surface area contributed by atoms with E-state index < -0.39 is 33.6 Å². The van der Waals surface area contributed by atoms with Gasteiger partial charge in [0.15, 0.2) is 0 Å². The zero-order valence-corrected chi connectivity index (χ0v) is 15.3. The van der Waals surface area contributed by atoms with Gasteiger partial charge in [-0.25, -0.2) is 4.79 Å². The largest absolute Gasteiger partial charge is 0.444 e. The maximum Gasteiger partial charge on any atom is 0.407 e. The molecular weight excluding hydrogens is 339 g/mol. The summed E-state index contributed by atoms with van der Waals surface area (Å²) in [6.07, 6.45) is 1.95. The molecule has 7 nitrogen and oxygen atoms in total. The number of hydrogen-bond donors (Lipinski definition) is 1. The fraction of sp³-hybridized carbons (Fsp3) is 0.867. The van der Waals surface area contributed by atoms with Crippen LogP contribution in [0.15, 0.2) is 0 Å². The number of alkyl carbamates (subject to hydrolysis) is 1. The number of carbonyl (C=O) groups excluding carboxylic acids is 2. The van der Waals surface area contributed by atoms with Crippen LogP contribution in [0.4, 0.5) is 8.68 Å². The zero-order valence-electron chi connectivity index (χ0n) is 14.5. The molecule has 0 aromatic carbocycles. The Bertz CT molecular complexity index is 545. The predicted molar refractivity (Wildman–Crippen MR) is 87.7 cm³/mol. The number of ether oxygens (including phenoxy) is 1. The van der Waals surface area contributed by atoms with Crippen molar-refractivity contribution in [3.63, 3.8) is 0 Å². The van der Waals surface area contributed by atoms with Crippen molar-refractivity contribution in [3.8, 4) is 0 Å². The molecule has 1 rings (SSSR count). The Kier molecular flexibility index (Phi) is 7.44. The fourth-order valence-corrected chi connectivity index (χ4v) is 3.36. The van der Waals surface area contributed by atoms with E-state index in [0.29, 0.717) is 13.1 Å². The third-order valence-electron chi connectivity index (χ3n) is 3.50. The van der Waals surface area contributed by atoms with E-state index in [9.17, 15) is 21.9 Å². The Hall–Kier alpha value is -1.38. The molecule has 0 bridgehead atoms. The quantitative estimate of drug-likeness (QED) is 0.522. The molecule has 1 saturated heterocycles. The number of nitrogens with one attached hydrogen (secondary N) is 1. The highest BCUT2D eigenvalue weighted by Gasteiger charge is 2.32. The number of rotatable bonds is 8. The lowest BCUT2D eigenvalue weighted by atomic mass is 10.1. The number of likely N-dealkylation sites (tertiary alicyclic amines) is 1. The molecule has 0 aromatic heterocycles. The minimum atomic E-state index is -4.54. The van der Waals surface area contributed by atoms with Crippen molar-refractivity contribution >= 4 is 22.2 Å². The highest BCUT2D eigenvalue weighted by atomic mass is 32.3. The van der Waals surface area contributed by atoms with Crippen molar-refractivity contribution in [1.29, 1.82) is 0 Å². The van der Waals surface area contributed by atoms with E-state index in [1.807, 2.05) is 0 Å². The van der Waals surface area contributed by atoms with Crippen molar-refractivity contribution in [3.05, 3.63) is 0 Å². The van der Waals surface area contributed by atoms with E-state index in [1.54, 1.807) is 25.7 Å². The van der Waals surface area contributed by atoms with Crippen LogP contribution in [-0.4, -0.2) is 56.3 Å². The summed E-state index contributed by atoms with van der Waals surface area (Å²) in [4.78, 5) is 24.8. The Labute approximate surface area is 143 Å². The van der Waals surface area contributed by atoms with Crippen LogP contribution in [0.1, 0.15) is 46.5 Å². The highest BCUT2D eigenvalue weighted by molar-refractivity contribution is 7.86. The third kappa shape index (κ3) is 9.05. The Balaban J connectivity index is 2.13. The normalized spacial score (nSPS) is 18.8. The molecule has 1 fully saturated rings. The molecule has 1 N–H and O–H groups in total. The van der Waals surface area contributed by atoms with Crippen LogP contribution in [0.25, 0.3) is 0 Å². The van der Waals surface area contributed by atoms with E-state index in [1.165, 1.54) is 0 Å². The first-order valence-corrected chi connectivity index (χ1v) is 9.68. The molecule has 1 unspecified atom stereocenters. The molecule has 0 saturated carbocycles. The summed E-state index contributed by atoms with van der Waals surface area (Å²) in [5, 5.41) is 2.66. The van der Waals surface area contributed by atoms with Crippen molar-refractivity contribution in [2.45, 2.75) is 52.1 Å². The number of unbranched alkanes of at least 4 members (excludes halogenated alkanes) is 2. The molecule has 0 spiro atoms. The summed E-state index contributed by atoms with van der Waals surface area (Å²) < 4.78 is 39.0. The minimum absolute atomic E-state index is 0.0867. The molecule has 140 valence electrons. The molecule has 1 aliphatic rings. The van der Waals surface area contributed by atoms with Gasteiger partial charge in [-0.15, -0.1) is 3.89 Å². The van der Waals surface area contributed by atoms with Crippen LogP contribution in [0.5, 0.6) is 0 Å². The number of nitrogens with zero attached hydrogens (tertiary/aromatic N) is 1. The van der Waals surface area contributed by atoms with E-state index in [-0.39, 0.29) is 18.9 Å². The first-order valence-electron chi connectivity index (χ1n) is 8.13. The standard InChI is InChI=1S/C15H27FN2O5S/c1-15(2,3)23-14(20)17-7-5-4-6-8-18-10-12(9-13(18)19)11-24(16,21)22/h12H,4-11H2,1-3H3,(H,17,20). The Morgan fingerprint density at radius 1 is 1.33 bits per heavy atom. The molecule has 24 heavy (non-hydrogen) atoms. The van der Waals surface area contributed by atoms with Gasteiger partial charge >= 0.3 is 16.3 Å². The van der Waals surface area contributed by atoms with Gasteiger partial charge in [0.05, 0.1) is 5.75 Å². The summed E-state index contributed by atoms with van der Waals surface area (Å²) in [7, 11) is -4.54. The van der Waals surface area contributed by atoms with Gasteiger partial charge in [-0.3, -0.25) is 4.79 Å². The molecule has 1 aliphatic heterocycles. The van der Waals surface area contributed by atoms with Gasteiger partial charge in [0, 0.05) is 32.0 Å². The SMILES string of the molecule is CC(C)(C)OC(=O)NCCCCCN1CC(CS(=O)(=O)F)CC1=O. The van der Waals surface area contributed by atoms with Gasteiger partial charge in [-0.1, -0.05) is 0 Å². The summed E-state index contributed by atoms with van der Waals surface area (Å²) in [5.41, 5.74) is -0.524. The van der Waals surface area contributed by atoms with Gasteiger partial charge in [-0.2, -0.15) is 8.42 Å². The maximum absolute atomic E-state index is 12.7. The first kappa shape index (κ1) is 20.7. The summed E-state index contributed by atoms with van der Waals surface area (Å²) in [6.45, 7) is 6.68. The van der Waals surface area contributed by atoms with Crippen molar-refractivity contribution in [1.82, 2.24) is 10.2 Å². The topological polar surface area (TPSA) is 92.8 Å². The zero-order chi connectivity index (χ0) is 18.4. The predicted octanol–water partition coefficient (Wildman–Crippen LogP) is 1.83. The monoisotopic (exact) mass is 366 g/mol. The third-order valence-corrected chi connectivity index (χ3v) is 4.37. The number of hydrogen-bond acceptors (Lipinski definition) is 5. The highest BCUT2D eigenvalue weighted by Crippen LogP contribution is 2.20. The molecule has 0 radical (unpaired) electrons. The van der Waals surface area contributed by atoms with Crippen LogP contribution in [0, 0.1) is 5.92 Å². The van der Waals surface area contributed by atoms with Crippen molar-refractivity contribution in [2.75, 3.05) is 25.4 Å². The van der Waals surface area contributed by atoms with E-state index in [4.69, 9.17) is 4.74 Å². The first-order chi connectivity index (χ1) is 11.0. The van der Waals surface area contributed by atoms with Gasteiger partial charge in [-0.05, 0) is 40.0 Å². The second kappa shape index (κ2) is 8.64. The molecule has 9 heteroatoms. The summed E-state index contributed by atoms with van der Waals surface area (Å²) in [6, 6.07) is 0. The lowest BCUT2D eigenvalue weighted by Crippen LogP contribution is -2.33. The van der Waals surface area contributed by atoms with E-state index in [2.05, 4.69) is 5.32 Å². The van der Waals surface area contributed by atoms with E-state index in [0.717, 1.165) is 19.3 Å².